The van der Waals surface area contributed by atoms with Crippen LogP contribution in [0.1, 0.15) is 71.6 Å². The van der Waals surface area contributed by atoms with Gasteiger partial charge in [0.1, 0.15) is 24.2 Å². The van der Waals surface area contributed by atoms with E-state index in [1.807, 2.05) is 20.1 Å². The lowest BCUT2D eigenvalue weighted by atomic mass is 10.0. The minimum absolute atomic E-state index is 0.0437. The number of rotatable bonds is 24. The third-order valence-electron chi connectivity index (χ3n) is 6.49. The first kappa shape index (κ1) is 40.1. The molecule has 0 heterocycles. The summed E-state index contributed by atoms with van der Waals surface area (Å²) < 4.78 is 0. The largest absolute Gasteiger partial charge is 0.480 e. The van der Waals surface area contributed by atoms with Gasteiger partial charge in [-0.2, -0.15) is 11.8 Å². The number of carboxylic acids is 1. The van der Waals surface area contributed by atoms with Gasteiger partial charge in [0.15, 0.2) is 0 Å². The van der Waals surface area contributed by atoms with Crippen LogP contribution in [0.15, 0.2) is 0 Å². The summed E-state index contributed by atoms with van der Waals surface area (Å²) in [4.78, 5) is 75.3. The van der Waals surface area contributed by atoms with Crippen LogP contribution >= 0.6 is 11.8 Å². The second-order valence-corrected chi connectivity index (χ2v) is 11.8. The lowest BCUT2D eigenvalue weighted by Gasteiger charge is -2.27. The summed E-state index contributed by atoms with van der Waals surface area (Å²) >= 11 is 1.54. The molecule has 0 saturated heterocycles. The summed E-state index contributed by atoms with van der Waals surface area (Å²) in [5.74, 6) is -4.30. The van der Waals surface area contributed by atoms with Crippen LogP contribution in [-0.2, 0) is 28.8 Å². The van der Waals surface area contributed by atoms with Crippen molar-refractivity contribution in [3.63, 3.8) is 0 Å². The Balaban J connectivity index is 5.87. The Morgan fingerprint density at radius 1 is 0.698 bits per heavy atom. The molecule has 0 aliphatic rings. The fraction of sp³-hybridized carbons (Fsp3) is 0.778. The first-order chi connectivity index (χ1) is 20.3. The van der Waals surface area contributed by atoms with Gasteiger partial charge in [-0.3, -0.25) is 24.0 Å². The number of nitrogens with one attached hydrogen (secondary N) is 4. The lowest BCUT2D eigenvalue weighted by molar-refractivity contribution is -0.143. The molecule has 16 heteroatoms. The molecule has 0 aromatic rings. The molecular weight excluding hydrogens is 580 g/mol. The normalized spacial score (nSPS) is 14.6. The van der Waals surface area contributed by atoms with E-state index in [9.17, 15) is 33.9 Å². The van der Waals surface area contributed by atoms with Gasteiger partial charge in [0.25, 0.3) is 0 Å². The Hall–Kier alpha value is -2.95. The van der Waals surface area contributed by atoms with E-state index in [2.05, 4.69) is 21.3 Å². The smallest absolute Gasteiger partial charge is 0.326 e. The molecule has 0 aliphatic heterocycles. The summed E-state index contributed by atoms with van der Waals surface area (Å²) in [5.41, 5.74) is 22.3. The van der Waals surface area contributed by atoms with Crippen molar-refractivity contribution in [3.05, 3.63) is 0 Å². The predicted octanol–water partition coefficient (Wildman–Crippen LogP) is -1.73. The lowest BCUT2D eigenvalue weighted by Crippen LogP contribution is -2.58. The number of unbranched alkanes of at least 4 members (excludes halogenated alkanes) is 2. The van der Waals surface area contributed by atoms with E-state index in [0.29, 0.717) is 50.9 Å². The highest BCUT2D eigenvalue weighted by atomic mass is 32.2. The molecule has 0 saturated carbocycles. The number of carbonyl (C=O) groups is 6. The molecule has 0 aliphatic carbocycles. The second kappa shape index (κ2) is 22.6. The Morgan fingerprint density at radius 3 is 1.56 bits per heavy atom. The fourth-order valence-electron chi connectivity index (χ4n) is 4.10. The Morgan fingerprint density at radius 2 is 1.14 bits per heavy atom. The molecule has 0 unspecified atom stereocenters. The van der Waals surface area contributed by atoms with Gasteiger partial charge in [0, 0.05) is 0 Å². The minimum Gasteiger partial charge on any atom is -0.480 e. The van der Waals surface area contributed by atoms with Crippen LogP contribution in [0.2, 0.25) is 0 Å². The summed E-state index contributed by atoms with van der Waals surface area (Å²) in [6, 6.07) is -5.59. The van der Waals surface area contributed by atoms with Gasteiger partial charge in [-0.05, 0) is 82.4 Å². The standard InChI is InChI=1S/C27H52N8O7S/c1-16(2)14-20(34-24(38)18(8-4-6-11-28)32-23(37)17(30)10-13-43-3)26(40)33-19(9-5-7-12-29)25(39)35-21(27(41)42)15-22(31)36/h16-21H,4-15,28-30H2,1-3H3,(H2,31,36)(H,32,37)(H,33,40)(H,34,38)(H,35,39)(H,41,42)/t17-,18-,19-,20-,21-/m0/s1. The first-order valence-electron chi connectivity index (χ1n) is 14.6. The molecule has 0 aromatic carbocycles. The Labute approximate surface area is 258 Å². The van der Waals surface area contributed by atoms with E-state index >= 15 is 0 Å². The second-order valence-electron chi connectivity index (χ2n) is 10.8. The number of hydrogen-bond donors (Lipinski definition) is 9. The zero-order valence-electron chi connectivity index (χ0n) is 25.6. The predicted molar refractivity (Wildman–Crippen MR) is 165 cm³/mol. The Kier molecular flexibility index (Phi) is 21.0. The van der Waals surface area contributed by atoms with Gasteiger partial charge in [-0.1, -0.05) is 13.8 Å². The van der Waals surface area contributed by atoms with Gasteiger partial charge < -0.3 is 49.3 Å². The molecule has 5 atom stereocenters. The molecule has 248 valence electrons. The maximum Gasteiger partial charge on any atom is 0.326 e. The number of carbonyl (C=O) groups excluding carboxylic acids is 5. The molecule has 0 radical (unpaired) electrons. The monoisotopic (exact) mass is 632 g/mol. The highest BCUT2D eigenvalue weighted by Gasteiger charge is 2.32. The summed E-state index contributed by atoms with van der Waals surface area (Å²) in [5, 5.41) is 19.7. The molecule has 0 rings (SSSR count). The molecule has 0 bridgehead atoms. The van der Waals surface area contributed by atoms with Crippen molar-refractivity contribution in [2.75, 3.05) is 25.1 Å². The van der Waals surface area contributed by atoms with Crippen molar-refractivity contribution < 1.29 is 33.9 Å². The van der Waals surface area contributed by atoms with E-state index < -0.39 is 72.1 Å². The van der Waals surface area contributed by atoms with Crippen LogP contribution in [0.4, 0.5) is 0 Å². The van der Waals surface area contributed by atoms with Crippen LogP contribution in [-0.4, -0.2) is 95.9 Å². The molecule has 5 amide bonds. The van der Waals surface area contributed by atoms with Crippen LogP contribution in [0.5, 0.6) is 0 Å². The third kappa shape index (κ3) is 17.7. The summed E-state index contributed by atoms with van der Waals surface area (Å²) in [7, 11) is 0. The molecule has 0 aromatic heterocycles. The van der Waals surface area contributed by atoms with Crippen molar-refractivity contribution in [2.24, 2.45) is 28.9 Å². The molecule has 43 heavy (non-hydrogen) atoms. The van der Waals surface area contributed by atoms with Gasteiger partial charge >= 0.3 is 5.97 Å². The molecular formula is C27H52N8O7S. The number of aliphatic carboxylic acids is 1. The van der Waals surface area contributed by atoms with Crippen molar-refractivity contribution in [3.8, 4) is 0 Å². The fourth-order valence-corrected chi connectivity index (χ4v) is 4.59. The van der Waals surface area contributed by atoms with E-state index in [1.54, 1.807) is 11.8 Å². The number of primary amides is 1. The summed E-state index contributed by atoms with van der Waals surface area (Å²) in [6.07, 6.45) is 4.47. The molecule has 13 N–H and O–H groups in total. The number of nitrogens with two attached hydrogens (primary N) is 4. The average Bonchev–Trinajstić information content (AvgIpc) is 2.93. The minimum atomic E-state index is -1.58. The van der Waals surface area contributed by atoms with Gasteiger partial charge in [-0.15, -0.1) is 0 Å². The van der Waals surface area contributed by atoms with Crippen molar-refractivity contribution >= 4 is 47.3 Å². The van der Waals surface area contributed by atoms with Crippen LogP contribution in [0.3, 0.4) is 0 Å². The maximum absolute atomic E-state index is 13.4. The zero-order valence-corrected chi connectivity index (χ0v) is 26.4. The third-order valence-corrected chi connectivity index (χ3v) is 7.13. The average molecular weight is 633 g/mol. The van der Waals surface area contributed by atoms with Gasteiger partial charge in [0.2, 0.25) is 29.5 Å². The number of thioether (sulfide) groups is 1. The number of amides is 5. The number of carboxylic acid groups (broad SMARTS) is 1. The highest BCUT2D eigenvalue weighted by Crippen LogP contribution is 2.10. The first-order valence-corrected chi connectivity index (χ1v) is 16.0. The van der Waals surface area contributed by atoms with E-state index in [-0.39, 0.29) is 25.2 Å². The quantitative estimate of drug-likeness (QED) is 0.0539. The van der Waals surface area contributed by atoms with Crippen LogP contribution in [0.25, 0.3) is 0 Å². The van der Waals surface area contributed by atoms with Gasteiger partial charge in [0.05, 0.1) is 12.5 Å². The summed E-state index contributed by atoms with van der Waals surface area (Å²) in [6.45, 7) is 4.45. The van der Waals surface area contributed by atoms with E-state index in [1.165, 1.54) is 0 Å². The molecule has 0 spiro atoms. The van der Waals surface area contributed by atoms with Gasteiger partial charge in [-0.25, -0.2) is 4.79 Å². The Bertz CT molecular complexity index is 909. The zero-order chi connectivity index (χ0) is 32.9. The topological polar surface area (TPSA) is 275 Å². The van der Waals surface area contributed by atoms with E-state index in [0.717, 1.165) is 0 Å². The molecule has 0 fully saturated rings. The van der Waals surface area contributed by atoms with Crippen LogP contribution in [0, 0.1) is 5.92 Å². The highest BCUT2D eigenvalue weighted by molar-refractivity contribution is 7.98. The SMILES string of the molecule is CSCC[C@H](N)C(=O)N[C@@H](CCCCN)C(=O)N[C@@H](CC(C)C)C(=O)N[C@@H](CCCCN)C(=O)N[C@@H](CC(N)=O)C(=O)O. The number of hydrogen-bond acceptors (Lipinski definition) is 10. The van der Waals surface area contributed by atoms with Crippen molar-refractivity contribution in [2.45, 2.75) is 102 Å². The maximum atomic E-state index is 13.4. The van der Waals surface area contributed by atoms with Crippen LogP contribution < -0.4 is 44.2 Å². The van der Waals surface area contributed by atoms with E-state index in [4.69, 9.17) is 22.9 Å². The van der Waals surface area contributed by atoms with Crippen molar-refractivity contribution in [1.82, 2.24) is 21.3 Å². The molecule has 15 nitrogen and oxygen atoms in total. The van der Waals surface area contributed by atoms with Crippen molar-refractivity contribution in [1.29, 1.82) is 0 Å².